The minimum atomic E-state index is -0.771. The van der Waals surface area contributed by atoms with Crippen LogP contribution < -0.4 is 5.32 Å². The number of amides is 1. The number of carbonyl (C=O) groups excluding carboxylic acids is 1. The third kappa shape index (κ3) is 4.54. The lowest BCUT2D eigenvalue weighted by Crippen LogP contribution is -2.40. The van der Waals surface area contributed by atoms with Crippen molar-refractivity contribution in [2.75, 3.05) is 25.0 Å². The van der Waals surface area contributed by atoms with Crippen molar-refractivity contribution in [2.24, 2.45) is 5.92 Å². The molecule has 1 fully saturated rings. The second-order valence-electron chi connectivity index (χ2n) is 5.76. The molecule has 1 aliphatic rings. The number of carboxylic acid groups (broad SMARTS) is 1. The Bertz CT molecular complexity index is 547. The largest absolute Gasteiger partial charge is 0.481 e. The van der Waals surface area contributed by atoms with Crippen LogP contribution in [0.3, 0.4) is 0 Å². The van der Waals surface area contributed by atoms with E-state index in [0.717, 1.165) is 13.0 Å². The fourth-order valence-corrected chi connectivity index (χ4v) is 2.80. The van der Waals surface area contributed by atoms with Crippen molar-refractivity contribution in [3.8, 4) is 0 Å². The number of carbonyl (C=O) groups is 2. The summed E-state index contributed by atoms with van der Waals surface area (Å²) >= 11 is 0. The van der Waals surface area contributed by atoms with E-state index in [1.807, 2.05) is 4.90 Å². The Kier molecular flexibility index (Phi) is 5.51. The van der Waals surface area contributed by atoms with Gasteiger partial charge in [0, 0.05) is 25.7 Å². The van der Waals surface area contributed by atoms with Crippen molar-refractivity contribution < 1.29 is 19.8 Å². The van der Waals surface area contributed by atoms with Gasteiger partial charge in [0.05, 0.1) is 12.0 Å². The van der Waals surface area contributed by atoms with Crippen LogP contribution in [0.25, 0.3) is 0 Å². The minimum absolute atomic E-state index is 0.160. The van der Waals surface area contributed by atoms with Crippen LogP contribution in [0.15, 0.2) is 24.3 Å². The van der Waals surface area contributed by atoms with Gasteiger partial charge in [0.25, 0.3) is 0 Å². The average Bonchev–Trinajstić information content (AvgIpc) is 2.47. The molecular formula is C16H22N2O4. The normalized spacial score (nSPS) is 20.4. The molecule has 6 nitrogen and oxygen atoms in total. The van der Waals surface area contributed by atoms with Crippen LogP contribution in [-0.4, -0.2) is 46.6 Å². The zero-order chi connectivity index (χ0) is 16.1. The fraction of sp³-hybridized carbons (Fsp3) is 0.500. The van der Waals surface area contributed by atoms with Gasteiger partial charge in [0.15, 0.2) is 0 Å². The SMILES string of the molecule is CC(=O)Nc1cccc(C(O)CN2CCCC(C(=O)O)C2)c1. The smallest absolute Gasteiger partial charge is 0.307 e. The molecule has 1 aromatic carbocycles. The first kappa shape index (κ1) is 16.5. The fourth-order valence-electron chi connectivity index (χ4n) is 2.80. The highest BCUT2D eigenvalue weighted by atomic mass is 16.4. The van der Waals surface area contributed by atoms with Crippen LogP contribution in [0.2, 0.25) is 0 Å². The zero-order valence-electron chi connectivity index (χ0n) is 12.7. The van der Waals surface area contributed by atoms with E-state index in [-0.39, 0.29) is 11.8 Å². The Morgan fingerprint density at radius 1 is 1.45 bits per heavy atom. The monoisotopic (exact) mass is 306 g/mol. The number of aliphatic carboxylic acids is 1. The van der Waals surface area contributed by atoms with Gasteiger partial charge in [-0.05, 0) is 37.1 Å². The maximum Gasteiger partial charge on any atom is 0.307 e. The second kappa shape index (κ2) is 7.38. The molecule has 120 valence electrons. The lowest BCUT2D eigenvalue weighted by atomic mass is 9.97. The second-order valence-corrected chi connectivity index (χ2v) is 5.76. The van der Waals surface area contributed by atoms with E-state index in [1.54, 1.807) is 24.3 Å². The van der Waals surface area contributed by atoms with Gasteiger partial charge in [-0.25, -0.2) is 0 Å². The van der Waals surface area contributed by atoms with E-state index >= 15 is 0 Å². The summed E-state index contributed by atoms with van der Waals surface area (Å²) < 4.78 is 0. The van der Waals surface area contributed by atoms with Gasteiger partial charge in [-0.3, -0.25) is 14.5 Å². The molecule has 0 aromatic heterocycles. The van der Waals surface area contributed by atoms with Crippen molar-refractivity contribution in [2.45, 2.75) is 25.9 Å². The molecule has 0 bridgehead atoms. The molecule has 3 N–H and O–H groups in total. The van der Waals surface area contributed by atoms with Crippen molar-refractivity contribution in [3.63, 3.8) is 0 Å². The molecule has 2 rings (SSSR count). The Morgan fingerprint density at radius 3 is 2.91 bits per heavy atom. The molecule has 1 saturated heterocycles. The van der Waals surface area contributed by atoms with Crippen LogP contribution in [0.1, 0.15) is 31.4 Å². The summed E-state index contributed by atoms with van der Waals surface area (Å²) in [5.41, 5.74) is 1.36. The number of likely N-dealkylation sites (tertiary alicyclic amines) is 1. The number of hydrogen-bond donors (Lipinski definition) is 3. The van der Waals surface area contributed by atoms with Crippen molar-refractivity contribution in [3.05, 3.63) is 29.8 Å². The highest BCUT2D eigenvalue weighted by Crippen LogP contribution is 2.22. The number of hydrogen-bond acceptors (Lipinski definition) is 4. The molecule has 0 aliphatic carbocycles. The first-order valence-corrected chi connectivity index (χ1v) is 7.46. The lowest BCUT2D eigenvalue weighted by molar-refractivity contribution is -0.143. The predicted octanol–water partition coefficient (Wildman–Crippen LogP) is 1.47. The molecule has 22 heavy (non-hydrogen) atoms. The number of piperidine rings is 1. The van der Waals surface area contributed by atoms with Gasteiger partial charge >= 0.3 is 5.97 Å². The van der Waals surface area contributed by atoms with Crippen molar-refractivity contribution in [1.29, 1.82) is 0 Å². The number of rotatable bonds is 5. The Balaban J connectivity index is 1.98. The number of anilines is 1. The van der Waals surface area contributed by atoms with E-state index in [9.17, 15) is 14.7 Å². The molecule has 1 amide bonds. The highest BCUT2D eigenvalue weighted by Gasteiger charge is 2.26. The first-order valence-electron chi connectivity index (χ1n) is 7.46. The molecule has 1 heterocycles. The number of nitrogens with one attached hydrogen (secondary N) is 1. The summed E-state index contributed by atoms with van der Waals surface area (Å²) in [6.07, 6.45) is 0.816. The number of benzene rings is 1. The maximum absolute atomic E-state index is 11.1. The molecule has 0 radical (unpaired) electrons. The van der Waals surface area contributed by atoms with Gasteiger partial charge in [0.2, 0.25) is 5.91 Å². The molecular weight excluding hydrogens is 284 g/mol. The standard InChI is InChI=1S/C16H22N2O4/c1-11(19)17-14-6-2-4-12(8-14)15(20)10-18-7-3-5-13(9-18)16(21)22/h2,4,6,8,13,15,20H,3,5,7,9-10H2,1H3,(H,17,19)(H,21,22). The summed E-state index contributed by atoms with van der Waals surface area (Å²) in [4.78, 5) is 24.1. The number of aliphatic hydroxyl groups excluding tert-OH is 1. The number of nitrogens with zero attached hydrogens (tertiary/aromatic N) is 1. The quantitative estimate of drug-likeness (QED) is 0.766. The van der Waals surface area contributed by atoms with Crippen molar-refractivity contribution in [1.82, 2.24) is 4.90 Å². The van der Waals surface area contributed by atoms with Gasteiger partial charge in [-0.15, -0.1) is 0 Å². The number of β-amino-alcohol motifs (C(OH)–C–C–N with tert-alkyl or cyclic N) is 1. The summed E-state index contributed by atoms with van der Waals surface area (Å²) in [6.45, 7) is 3.10. The van der Waals surface area contributed by atoms with Crippen LogP contribution >= 0.6 is 0 Å². The molecule has 6 heteroatoms. The van der Waals surface area contributed by atoms with Gasteiger partial charge in [-0.2, -0.15) is 0 Å². The van der Waals surface area contributed by atoms with Gasteiger partial charge in [-0.1, -0.05) is 12.1 Å². The Hall–Kier alpha value is -1.92. The topological polar surface area (TPSA) is 89.9 Å². The molecule has 1 aliphatic heterocycles. The first-order chi connectivity index (χ1) is 10.5. The van der Waals surface area contributed by atoms with Gasteiger partial charge in [0.1, 0.15) is 0 Å². The van der Waals surface area contributed by atoms with E-state index < -0.39 is 12.1 Å². The summed E-state index contributed by atoms with van der Waals surface area (Å²) in [7, 11) is 0. The van der Waals surface area contributed by atoms with Crippen LogP contribution in [-0.2, 0) is 9.59 Å². The van der Waals surface area contributed by atoms with Crippen LogP contribution in [0.5, 0.6) is 0 Å². The lowest BCUT2D eigenvalue weighted by Gasteiger charge is -2.32. The number of carboxylic acids is 1. The average molecular weight is 306 g/mol. The molecule has 1 aromatic rings. The van der Waals surface area contributed by atoms with Crippen molar-refractivity contribution >= 4 is 17.6 Å². The molecule has 0 spiro atoms. The summed E-state index contributed by atoms with van der Waals surface area (Å²) in [6, 6.07) is 7.08. The van der Waals surface area contributed by atoms with Crippen LogP contribution in [0.4, 0.5) is 5.69 Å². The van der Waals surface area contributed by atoms with E-state index in [2.05, 4.69) is 5.32 Å². The highest BCUT2D eigenvalue weighted by molar-refractivity contribution is 5.88. The molecule has 2 unspecified atom stereocenters. The van der Waals surface area contributed by atoms with E-state index in [4.69, 9.17) is 5.11 Å². The Labute approximate surface area is 129 Å². The minimum Gasteiger partial charge on any atom is -0.481 e. The zero-order valence-corrected chi connectivity index (χ0v) is 12.7. The molecule has 0 saturated carbocycles. The van der Waals surface area contributed by atoms with E-state index in [0.29, 0.717) is 30.8 Å². The van der Waals surface area contributed by atoms with E-state index in [1.165, 1.54) is 6.92 Å². The number of aliphatic hydroxyl groups is 1. The third-order valence-corrected chi connectivity index (χ3v) is 3.88. The van der Waals surface area contributed by atoms with Gasteiger partial charge < -0.3 is 15.5 Å². The maximum atomic E-state index is 11.1. The molecule has 2 atom stereocenters. The third-order valence-electron chi connectivity index (χ3n) is 3.88. The predicted molar refractivity (Wildman–Crippen MR) is 82.5 cm³/mol. The van der Waals surface area contributed by atoms with Crippen LogP contribution in [0, 0.1) is 5.92 Å². The summed E-state index contributed by atoms with van der Waals surface area (Å²) in [5.74, 6) is -1.29. The summed E-state index contributed by atoms with van der Waals surface area (Å²) in [5, 5.41) is 22.1. The Morgan fingerprint density at radius 2 is 2.23 bits per heavy atom.